The van der Waals surface area contributed by atoms with Gasteiger partial charge in [0.2, 0.25) is 0 Å². The van der Waals surface area contributed by atoms with E-state index in [9.17, 15) is 9.59 Å². The van der Waals surface area contributed by atoms with Crippen LogP contribution in [0, 0.1) is 6.92 Å². The van der Waals surface area contributed by atoms with Gasteiger partial charge in [0.15, 0.2) is 0 Å². The topological polar surface area (TPSA) is 70.2 Å². The van der Waals surface area contributed by atoms with E-state index in [1.165, 1.54) is 0 Å². The molecule has 0 saturated carbocycles. The van der Waals surface area contributed by atoms with Crippen LogP contribution in [0.1, 0.15) is 46.1 Å². The van der Waals surface area contributed by atoms with Gasteiger partial charge in [-0.1, -0.05) is 17.7 Å². The van der Waals surface area contributed by atoms with Crippen LogP contribution in [0.4, 0.5) is 5.69 Å². The first kappa shape index (κ1) is 18.7. The molecule has 2 amide bonds. The lowest BCUT2D eigenvalue weighted by atomic mass is 9.79. The molecule has 132 valence electrons. The van der Waals surface area contributed by atoms with Gasteiger partial charge in [-0.25, -0.2) is 0 Å². The fourth-order valence-corrected chi connectivity index (χ4v) is 3.76. The average molecular weight is 352 g/mol. The van der Waals surface area contributed by atoms with E-state index in [0.717, 1.165) is 18.4 Å². The minimum absolute atomic E-state index is 0.0463. The Morgan fingerprint density at radius 2 is 1.71 bits per heavy atom. The molecule has 2 rings (SSSR count). The Morgan fingerprint density at radius 3 is 2.29 bits per heavy atom. The summed E-state index contributed by atoms with van der Waals surface area (Å²) in [5, 5.41) is 9.55. The molecular formula is C18H26ClN3O2. The van der Waals surface area contributed by atoms with Crippen molar-refractivity contribution in [3.05, 3.63) is 28.8 Å². The highest BCUT2D eigenvalue weighted by Crippen LogP contribution is 2.28. The summed E-state index contributed by atoms with van der Waals surface area (Å²) in [7, 11) is 0. The van der Waals surface area contributed by atoms with E-state index in [0.29, 0.717) is 10.7 Å². The summed E-state index contributed by atoms with van der Waals surface area (Å²) in [6.07, 6.45) is 1.54. The van der Waals surface area contributed by atoms with Crippen LogP contribution in [0.5, 0.6) is 0 Å². The van der Waals surface area contributed by atoms with Gasteiger partial charge < -0.3 is 16.0 Å². The van der Waals surface area contributed by atoms with Crippen LogP contribution < -0.4 is 16.0 Å². The van der Waals surface area contributed by atoms with Gasteiger partial charge in [0.25, 0.3) is 0 Å². The van der Waals surface area contributed by atoms with Gasteiger partial charge in [0.1, 0.15) is 0 Å². The number of carbonyl (C=O) groups is 2. The number of anilines is 1. The third-order valence-electron chi connectivity index (χ3n) is 4.18. The van der Waals surface area contributed by atoms with Gasteiger partial charge in [-0.3, -0.25) is 9.59 Å². The standard InChI is InChI=1S/C18H26ClN3O2/c1-11-6-7-12(19)8-14(11)21-16(24)15(23)20-13-9-17(2,3)22-18(4,5)10-13/h6-8,13,22H,9-10H2,1-5H3,(H,20,23)(H,21,24). The Hall–Kier alpha value is -1.59. The number of hydrogen-bond acceptors (Lipinski definition) is 3. The average Bonchev–Trinajstić information content (AvgIpc) is 2.39. The van der Waals surface area contributed by atoms with Crippen LogP contribution in [0.3, 0.4) is 0 Å². The Morgan fingerprint density at radius 1 is 1.12 bits per heavy atom. The molecule has 0 aromatic heterocycles. The largest absolute Gasteiger partial charge is 0.345 e. The molecule has 0 unspecified atom stereocenters. The molecule has 3 N–H and O–H groups in total. The molecule has 0 aliphatic carbocycles. The maximum atomic E-state index is 12.3. The van der Waals surface area contributed by atoms with Crippen LogP contribution in [-0.4, -0.2) is 28.9 Å². The zero-order chi connectivity index (χ0) is 18.1. The molecular weight excluding hydrogens is 326 g/mol. The van der Waals surface area contributed by atoms with Crippen LogP contribution in [0.25, 0.3) is 0 Å². The monoisotopic (exact) mass is 351 g/mol. The Kier molecular flexibility index (Phi) is 5.25. The second-order valence-corrected chi connectivity index (χ2v) is 8.32. The minimum atomic E-state index is -0.672. The highest BCUT2D eigenvalue weighted by molar-refractivity contribution is 6.40. The number of rotatable bonds is 2. The molecule has 1 aromatic rings. The normalized spacial score (nSPS) is 19.6. The van der Waals surface area contributed by atoms with Gasteiger partial charge in [-0.15, -0.1) is 0 Å². The molecule has 0 atom stereocenters. The zero-order valence-electron chi connectivity index (χ0n) is 14.9. The number of halogens is 1. The van der Waals surface area contributed by atoms with Crippen LogP contribution in [0.2, 0.25) is 5.02 Å². The quantitative estimate of drug-likeness (QED) is 0.717. The van der Waals surface area contributed by atoms with E-state index < -0.39 is 11.8 Å². The molecule has 1 aromatic carbocycles. The van der Waals surface area contributed by atoms with Gasteiger partial charge in [0, 0.05) is 27.8 Å². The predicted molar refractivity (Wildman–Crippen MR) is 97.3 cm³/mol. The van der Waals surface area contributed by atoms with Crippen LogP contribution in [-0.2, 0) is 9.59 Å². The first-order valence-electron chi connectivity index (χ1n) is 8.15. The highest BCUT2D eigenvalue weighted by atomic mass is 35.5. The minimum Gasteiger partial charge on any atom is -0.345 e. The second-order valence-electron chi connectivity index (χ2n) is 7.88. The van der Waals surface area contributed by atoms with E-state index in [2.05, 4.69) is 43.6 Å². The summed E-state index contributed by atoms with van der Waals surface area (Å²) in [6, 6.07) is 5.13. The number of nitrogens with one attached hydrogen (secondary N) is 3. The predicted octanol–water partition coefficient (Wildman–Crippen LogP) is 3.01. The number of aryl methyl sites for hydroxylation is 1. The van der Waals surface area contributed by atoms with Crippen LogP contribution >= 0.6 is 11.6 Å². The van der Waals surface area contributed by atoms with Gasteiger partial charge in [-0.05, 0) is 65.2 Å². The first-order chi connectivity index (χ1) is 11.0. The summed E-state index contributed by atoms with van der Waals surface area (Å²) >= 11 is 5.94. The fraction of sp³-hybridized carbons (Fsp3) is 0.556. The summed E-state index contributed by atoms with van der Waals surface area (Å²) < 4.78 is 0. The van der Waals surface area contributed by atoms with E-state index in [-0.39, 0.29) is 17.1 Å². The van der Waals surface area contributed by atoms with E-state index >= 15 is 0 Å². The Balaban J connectivity index is 2.01. The molecule has 24 heavy (non-hydrogen) atoms. The molecule has 6 heteroatoms. The molecule has 1 aliphatic rings. The summed E-state index contributed by atoms with van der Waals surface area (Å²) in [5.74, 6) is -1.29. The van der Waals surface area contributed by atoms with E-state index in [1.807, 2.05) is 6.92 Å². The van der Waals surface area contributed by atoms with Gasteiger partial charge in [-0.2, -0.15) is 0 Å². The molecule has 1 saturated heterocycles. The lowest BCUT2D eigenvalue weighted by Crippen LogP contribution is -2.62. The van der Waals surface area contributed by atoms with Crippen molar-refractivity contribution in [2.75, 3.05) is 5.32 Å². The lowest BCUT2D eigenvalue weighted by Gasteiger charge is -2.46. The molecule has 1 heterocycles. The van der Waals surface area contributed by atoms with Crippen molar-refractivity contribution in [2.24, 2.45) is 0 Å². The molecule has 1 fully saturated rings. The Labute approximate surface area is 148 Å². The third kappa shape index (κ3) is 4.95. The summed E-state index contributed by atoms with van der Waals surface area (Å²) in [5.41, 5.74) is 1.21. The maximum absolute atomic E-state index is 12.3. The molecule has 0 radical (unpaired) electrons. The van der Waals surface area contributed by atoms with Crippen molar-refractivity contribution in [2.45, 2.75) is 64.6 Å². The van der Waals surface area contributed by atoms with Crippen molar-refractivity contribution in [1.82, 2.24) is 10.6 Å². The first-order valence-corrected chi connectivity index (χ1v) is 8.53. The highest BCUT2D eigenvalue weighted by Gasteiger charge is 2.38. The van der Waals surface area contributed by atoms with E-state index in [1.54, 1.807) is 18.2 Å². The van der Waals surface area contributed by atoms with Crippen LogP contribution in [0.15, 0.2) is 18.2 Å². The smallest absolute Gasteiger partial charge is 0.313 e. The maximum Gasteiger partial charge on any atom is 0.313 e. The molecule has 0 spiro atoms. The molecule has 0 bridgehead atoms. The Bertz CT molecular complexity index is 640. The fourth-order valence-electron chi connectivity index (χ4n) is 3.58. The van der Waals surface area contributed by atoms with E-state index in [4.69, 9.17) is 11.6 Å². The SMILES string of the molecule is Cc1ccc(Cl)cc1NC(=O)C(=O)NC1CC(C)(C)NC(C)(C)C1. The number of benzene rings is 1. The number of piperidine rings is 1. The van der Waals surface area contributed by atoms with Gasteiger partial charge in [0.05, 0.1) is 0 Å². The zero-order valence-corrected chi connectivity index (χ0v) is 15.7. The summed E-state index contributed by atoms with van der Waals surface area (Å²) in [4.78, 5) is 24.4. The summed E-state index contributed by atoms with van der Waals surface area (Å²) in [6.45, 7) is 10.2. The number of amides is 2. The second kappa shape index (κ2) is 6.73. The number of carbonyl (C=O) groups excluding carboxylic acids is 2. The molecule has 1 aliphatic heterocycles. The van der Waals surface area contributed by atoms with Crippen molar-refractivity contribution >= 4 is 29.1 Å². The molecule has 5 nitrogen and oxygen atoms in total. The van der Waals surface area contributed by atoms with Crippen molar-refractivity contribution < 1.29 is 9.59 Å². The lowest BCUT2D eigenvalue weighted by molar-refractivity contribution is -0.137. The number of hydrogen-bond donors (Lipinski definition) is 3. The van der Waals surface area contributed by atoms with Crippen molar-refractivity contribution in [3.63, 3.8) is 0 Å². The van der Waals surface area contributed by atoms with Crippen molar-refractivity contribution in [3.8, 4) is 0 Å². The van der Waals surface area contributed by atoms with Crippen molar-refractivity contribution in [1.29, 1.82) is 0 Å². The third-order valence-corrected chi connectivity index (χ3v) is 4.41. The van der Waals surface area contributed by atoms with Gasteiger partial charge >= 0.3 is 11.8 Å².